The Morgan fingerprint density at radius 2 is 1.53 bits per heavy atom. The Bertz CT molecular complexity index is 401. The number of nitrogens with zero attached hydrogens (tertiary/aromatic N) is 1. The fraction of sp³-hybridized carbons (Fsp3) is 0.941. The van der Waals surface area contributed by atoms with E-state index in [1.165, 1.54) is 38.5 Å². The van der Waals surface area contributed by atoms with Crippen LogP contribution >= 0.6 is 0 Å². The van der Waals surface area contributed by atoms with Crippen molar-refractivity contribution < 1.29 is 4.79 Å². The molecule has 1 aliphatic heterocycles. The second kappa shape index (κ2) is 3.63. The SMILES string of the molecule is CC12CC3CC(C)(C1)CC(N1CCC(=O)CC1)(C3)C2. The normalized spacial score (nSPS) is 53.8. The fourth-order valence-corrected chi connectivity index (χ4v) is 6.97. The zero-order chi connectivity index (χ0) is 13.3. The molecular formula is C17H27NO. The number of Topliss-reactive ketones (excluding diaryl/α,β-unsaturated/α-hetero) is 1. The molecule has 0 radical (unpaired) electrons. The number of ketones is 1. The van der Waals surface area contributed by atoms with Crippen LogP contribution in [0.1, 0.15) is 65.2 Å². The van der Waals surface area contributed by atoms with Crippen molar-refractivity contribution in [2.24, 2.45) is 16.7 Å². The molecule has 2 atom stereocenters. The summed E-state index contributed by atoms with van der Waals surface area (Å²) in [4.78, 5) is 14.3. The lowest BCUT2D eigenvalue weighted by Gasteiger charge is -2.68. The molecule has 19 heavy (non-hydrogen) atoms. The zero-order valence-corrected chi connectivity index (χ0v) is 12.5. The molecule has 0 aromatic rings. The van der Waals surface area contributed by atoms with Gasteiger partial charge in [0.1, 0.15) is 5.78 Å². The van der Waals surface area contributed by atoms with E-state index in [4.69, 9.17) is 0 Å². The number of piperidine rings is 1. The Morgan fingerprint density at radius 3 is 2.05 bits per heavy atom. The van der Waals surface area contributed by atoms with E-state index >= 15 is 0 Å². The minimum Gasteiger partial charge on any atom is -0.300 e. The van der Waals surface area contributed by atoms with E-state index in [1.54, 1.807) is 0 Å². The predicted octanol–water partition coefficient (Wildman–Crippen LogP) is 3.40. The van der Waals surface area contributed by atoms with Crippen LogP contribution < -0.4 is 0 Å². The summed E-state index contributed by atoms with van der Waals surface area (Å²) in [6.07, 6.45) is 10.2. The molecule has 2 unspecified atom stereocenters. The van der Waals surface area contributed by atoms with Crippen LogP contribution in [-0.2, 0) is 4.79 Å². The number of rotatable bonds is 1. The fourth-order valence-electron chi connectivity index (χ4n) is 6.97. The summed E-state index contributed by atoms with van der Waals surface area (Å²) in [5, 5.41) is 0. The molecule has 4 bridgehead atoms. The maximum Gasteiger partial charge on any atom is 0.135 e. The standard InChI is InChI=1S/C17H27NO/c1-15-7-13-8-16(2,10-15)12-17(9-13,11-15)18-5-3-14(19)4-6-18/h13H,3-12H2,1-2H3. The molecule has 5 aliphatic rings. The average Bonchev–Trinajstić information content (AvgIpc) is 2.24. The van der Waals surface area contributed by atoms with Gasteiger partial charge < -0.3 is 0 Å². The third kappa shape index (κ3) is 1.82. The lowest BCUT2D eigenvalue weighted by molar-refractivity contribution is -0.166. The van der Waals surface area contributed by atoms with Gasteiger partial charge in [-0.25, -0.2) is 0 Å². The Labute approximate surface area is 116 Å². The molecule has 4 aliphatic carbocycles. The van der Waals surface area contributed by atoms with Gasteiger partial charge in [0.05, 0.1) is 0 Å². The number of carbonyl (C=O) groups excluding carboxylic acids is 1. The van der Waals surface area contributed by atoms with Gasteiger partial charge in [-0.05, 0) is 55.3 Å². The molecule has 0 amide bonds. The second-order valence-electron chi connectivity index (χ2n) is 8.88. The third-order valence-corrected chi connectivity index (χ3v) is 6.59. The highest BCUT2D eigenvalue weighted by atomic mass is 16.1. The van der Waals surface area contributed by atoms with Gasteiger partial charge in [-0.3, -0.25) is 9.69 Å². The smallest absolute Gasteiger partial charge is 0.135 e. The van der Waals surface area contributed by atoms with Crippen molar-refractivity contribution in [3.8, 4) is 0 Å². The molecule has 0 N–H and O–H groups in total. The molecule has 2 nitrogen and oxygen atoms in total. The number of carbonyl (C=O) groups is 1. The van der Waals surface area contributed by atoms with E-state index in [0.717, 1.165) is 31.8 Å². The summed E-state index contributed by atoms with van der Waals surface area (Å²) in [6.45, 7) is 7.16. The Kier molecular flexibility index (Phi) is 2.37. The number of likely N-dealkylation sites (tertiary alicyclic amines) is 1. The topological polar surface area (TPSA) is 20.3 Å². The van der Waals surface area contributed by atoms with Crippen LogP contribution in [0.2, 0.25) is 0 Å². The molecule has 1 heterocycles. The first-order valence-electron chi connectivity index (χ1n) is 8.17. The van der Waals surface area contributed by atoms with Crippen molar-refractivity contribution >= 4 is 5.78 Å². The first-order chi connectivity index (χ1) is 8.91. The highest BCUT2D eigenvalue weighted by Gasteiger charge is 2.61. The van der Waals surface area contributed by atoms with Crippen molar-refractivity contribution in [2.45, 2.75) is 70.8 Å². The largest absolute Gasteiger partial charge is 0.300 e. The Balaban J connectivity index is 1.65. The molecule has 2 heteroatoms. The van der Waals surface area contributed by atoms with Gasteiger partial charge in [0, 0.05) is 31.5 Å². The first kappa shape index (κ1) is 12.4. The van der Waals surface area contributed by atoms with Crippen LogP contribution in [0.5, 0.6) is 0 Å². The summed E-state index contributed by atoms with van der Waals surface area (Å²) in [7, 11) is 0. The van der Waals surface area contributed by atoms with Crippen LogP contribution in [0.15, 0.2) is 0 Å². The summed E-state index contributed by atoms with van der Waals surface area (Å²) in [5.74, 6) is 1.45. The average molecular weight is 261 g/mol. The lowest BCUT2D eigenvalue weighted by Crippen LogP contribution is -2.66. The van der Waals surface area contributed by atoms with Gasteiger partial charge in [-0.2, -0.15) is 0 Å². The monoisotopic (exact) mass is 261 g/mol. The second-order valence-corrected chi connectivity index (χ2v) is 8.88. The van der Waals surface area contributed by atoms with Gasteiger partial charge in [0.2, 0.25) is 0 Å². The summed E-state index contributed by atoms with van der Waals surface area (Å²) < 4.78 is 0. The maximum absolute atomic E-state index is 11.5. The van der Waals surface area contributed by atoms with E-state index in [2.05, 4.69) is 18.7 Å². The van der Waals surface area contributed by atoms with Crippen LogP contribution in [-0.4, -0.2) is 29.3 Å². The van der Waals surface area contributed by atoms with E-state index in [-0.39, 0.29) is 0 Å². The van der Waals surface area contributed by atoms with Crippen LogP contribution in [0.3, 0.4) is 0 Å². The zero-order valence-electron chi connectivity index (χ0n) is 12.5. The summed E-state index contributed by atoms with van der Waals surface area (Å²) in [5.41, 5.74) is 1.65. The predicted molar refractivity (Wildman–Crippen MR) is 76.0 cm³/mol. The van der Waals surface area contributed by atoms with Crippen molar-refractivity contribution in [2.75, 3.05) is 13.1 Å². The lowest BCUT2D eigenvalue weighted by atomic mass is 9.42. The van der Waals surface area contributed by atoms with Crippen molar-refractivity contribution in [1.82, 2.24) is 4.90 Å². The Morgan fingerprint density at radius 1 is 0.947 bits per heavy atom. The highest BCUT2D eigenvalue weighted by molar-refractivity contribution is 5.79. The number of hydrogen-bond donors (Lipinski definition) is 0. The summed E-state index contributed by atoms with van der Waals surface area (Å²) >= 11 is 0. The van der Waals surface area contributed by atoms with Crippen LogP contribution in [0.4, 0.5) is 0 Å². The van der Waals surface area contributed by atoms with Gasteiger partial charge in [-0.1, -0.05) is 13.8 Å². The van der Waals surface area contributed by atoms with Gasteiger partial charge in [0.25, 0.3) is 0 Å². The molecular weight excluding hydrogens is 234 g/mol. The quantitative estimate of drug-likeness (QED) is 0.721. The molecule has 4 saturated carbocycles. The minimum absolute atomic E-state index is 0.462. The van der Waals surface area contributed by atoms with E-state index in [0.29, 0.717) is 22.2 Å². The van der Waals surface area contributed by atoms with Crippen LogP contribution in [0.25, 0.3) is 0 Å². The Hall–Kier alpha value is -0.370. The molecule has 1 saturated heterocycles. The molecule has 5 rings (SSSR count). The van der Waals surface area contributed by atoms with Gasteiger partial charge >= 0.3 is 0 Å². The van der Waals surface area contributed by atoms with Crippen molar-refractivity contribution in [3.05, 3.63) is 0 Å². The van der Waals surface area contributed by atoms with E-state index in [1.807, 2.05) is 0 Å². The molecule has 0 aromatic carbocycles. The van der Waals surface area contributed by atoms with E-state index in [9.17, 15) is 4.79 Å². The van der Waals surface area contributed by atoms with E-state index < -0.39 is 0 Å². The number of hydrogen-bond acceptors (Lipinski definition) is 2. The molecule has 106 valence electrons. The van der Waals surface area contributed by atoms with Gasteiger partial charge in [-0.15, -0.1) is 0 Å². The first-order valence-corrected chi connectivity index (χ1v) is 8.17. The third-order valence-electron chi connectivity index (χ3n) is 6.59. The van der Waals surface area contributed by atoms with Crippen molar-refractivity contribution in [3.63, 3.8) is 0 Å². The van der Waals surface area contributed by atoms with Gasteiger partial charge in [0.15, 0.2) is 0 Å². The molecule has 5 fully saturated rings. The summed E-state index contributed by atoms with van der Waals surface area (Å²) in [6, 6.07) is 0. The molecule has 0 spiro atoms. The minimum atomic E-state index is 0.462. The molecule has 0 aromatic heterocycles. The van der Waals surface area contributed by atoms with Crippen molar-refractivity contribution in [1.29, 1.82) is 0 Å². The maximum atomic E-state index is 11.5. The highest BCUT2D eigenvalue weighted by Crippen LogP contribution is 2.67. The van der Waals surface area contributed by atoms with Crippen LogP contribution in [0, 0.1) is 16.7 Å².